The predicted octanol–water partition coefficient (Wildman–Crippen LogP) is 3.59. The van der Waals surface area contributed by atoms with Crippen LogP contribution in [0.4, 0.5) is 0 Å². The number of phenolic OH excluding ortho intramolecular Hbond substituents is 1. The van der Waals surface area contributed by atoms with Crippen LogP contribution in [0.1, 0.15) is 32.6 Å². The Morgan fingerprint density at radius 1 is 0.950 bits per heavy atom. The summed E-state index contributed by atoms with van der Waals surface area (Å²) in [7, 11) is 0. The van der Waals surface area contributed by atoms with Crippen molar-refractivity contribution in [3.05, 3.63) is 76.4 Å². The van der Waals surface area contributed by atoms with Crippen molar-refractivity contribution >= 4 is 5.78 Å². The highest BCUT2D eigenvalue weighted by Gasteiger charge is 2.20. The molecule has 0 radical (unpaired) electrons. The van der Waals surface area contributed by atoms with Crippen LogP contribution in [0, 0.1) is 6.92 Å². The Morgan fingerprint density at radius 2 is 1.65 bits per heavy atom. The number of fused-ring (bicyclic) bond motifs is 1. The lowest BCUT2D eigenvalue weighted by molar-refractivity contribution is 0.103. The van der Waals surface area contributed by atoms with Crippen molar-refractivity contribution in [2.24, 2.45) is 0 Å². The van der Waals surface area contributed by atoms with Gasteiger partial charge in [-0.1, -0.05) is 36.4 Å². The summed E-state index contributed by atoms with van der Waals surface area (Å²) in [5, 5.41) is 9.94. The summed E-state index contributed by atoms with van der Waals surface area (Å²) < 4.78 is 0. The summed E-state index contributed by atoms with van der Waals surface area (Å²) >= 11 is 0. The lowest BCUT2D eigenvalue weighted by Crippen LogP contribution is -2.10. The molecular weight excluding hydrogens is 248 g/mol. The van der Waals surface area contributed by atoms with Crippen LogP contribution in [0.15, 0.2) is 48.6 Å². The zero-order valence-electron chi connectivity index (χ0n) is 11.4. The lowest BCUT2D eigenvalue weighted by Gasteiger charge is -2.17. The fourth-order valence-electron chi connectivity index (χ4n) is 2.73. The molecule has 2 aromatic rings. The molecule has 2 aromatic carbocycles. The van der Waals surface area contributed by atoms with Gasteiger partial charge in [-0.15, -0.1) is 0 Å². The van der Waals surface area contributed by atoms with Crippen LogP contribution in [0.25, 0.3) is 0 Å². The molecule has 0 saturated carbocycles. The van der Waals surface area contributed by atoms with Gasteiger partial charge in [-0.3, -0.25) is 4.79 Å². The van der Waals surface area contributed by atoms with Crippen LogP contribution in [0.3, 0.4) is 0 Å². The fourth-order valence-corrected chi connectivity index (χ4v) is 2.73. The molecule has 2 heteroatoms. The lowest BCUT2D eigenvalue weighted by atomic mass is 9.87. The Morgan fingerprint density at radius 3 is 2.40 bits per heavy atom. The molecule has 1 aliphatic carbocycles. The van der Waals surface area contributed by atoms with Crippen molar-refractivity contribution in [3.63, 3.8) is 0 Å². The molecule has 100 valence electrons. The summed E-state index contributed by atoms with van der Waals surface area (Å²) in [5.41, 5.74) is 4.25. The third kappa shape index (κ3) is 2.03. The maximum absolute atomic E-state index is 12.7. The quantitative estimate of drug-likeness (QED) is 0.665. The van der Waals surface area contributed by atoms with E-state index in [-0.39, 0.29) is 11.5 Å². The Kier molecular flexibility index (Phi) is 3.15. The van der Waals surface area contributed by atoms with E-state index in [0.29, 0.717) is 18.4 Å². The van der Waals surface area contributed by atoms with Gasteiger partial charge in [0.25, 0.3) is 0 Å². The van der Waals surface area contributed by atoms with E-state index >= 15 is 0 Å². The van der Waals surface area contributed by atoms with Gasteiger partial charge < -0.3 is 5.11 Å². The van der Waals surface area contributed by atoms with Gasteiger partial charge in [0.2, 0.25) is 0 Å². The number of hydrogen-bond acceptors (Lipinski definition) is 2. The number of benzene rings is 2. The second kappa shape index (κ2) is 4.97. The maximum Gasteiger partial charge on any atom is 0.193 e. The van der Waals surface area contributed by atoms with E-state index in [0.717, 1.165) is 22.3 Å². The van der Waals surface area contributed by atoms with Crippen LogP contribution >= 0.6 is 0 Å². The number of ketones is 1. The van der Waals surface area contributed by atoms with Gasteiger partial charge in [0.1, 0.15) is 5.75 Å². The summed E-state index contributed by atoms with van der Waals surface area (Å²) in [6, 6.07) is 11.0. The number of carbonyl (C=O) groups excluding carboxylic acids is 1. The smallest absolute Gasteiger partial charge is 0.193 e. The normalized spacial score (nSPS) is 13.1. The van der Waals surface area contributed by atoms with Crippen LogP contribution < -0.4 is 0 Å². The molecule has 0 aromatic heterocycles. The van der Waals surface area contributed by atoms with Gasteiger partial charge in [-0.2, -0.15) is 0 Å². The van der Waals surface area contributed by atoms with Crippen molar-refractivity contribution in [1.82, 2.24) is 0 Å². The largest absolute Gasteiger partial charge is 0.508 e. The molecule has 0 unspecified atom stereocenters. The molecular formula is C18H16O2. The van der Waals surface area contributed by atoms with Gasteiger partial charge in [0.15, 0.2) is 5.78 Å². The molecule has 0 spiro atoms. The molecule has 0 amide bonds. The molecule has 0 saturated heterocycles. The van der Waals surface area contributed by atoms with Gasteiger partial charge in [0.05, 0.1) is 0 Å². The zero-order chi connectivity index (χ0) is 14.1. The van der Waals surface area contributed by atoms with E-state index in [2.05, 4.69) is 6.08 Å². The molecule has 1 N–H and O–H groups in total. The van der Waals surface area contributed by atoms with E-state index in [1.807, 2.05) is 37.3 Å². The third-order valence-corrected chi connectivity index (χ3v) is 3.85. The maximum atomic E-state index is 12.7. The molecule has 0 atom stereocenters. The van der Waals surface area contributed by atoms with Gasteiger partial charge in [0, 0.05) is 16.7 Å². The molecule has 0 bridgehead atoms. The highest BCUT2D eigenvalue weighted by molar-refractivity contribution is 6.11. The standard InChI is InChI=1S/C18H16O2/c1-12-6-2-3-7-13(12)18(20)16-10-11-17(19)15-9-5-4-8-14(15)16/h2-7,10-11,19H,8-9H2,1H3. The van der Waals surface area contributed by atoms with E-state index in [4.69, 9.17) is 0 Å². The summed E-state index contributed by atoms with van der Waals surface area (Å²) in [6.07, 6.45) is 5.48. The van der Waals surface area contributed by atoms with Crippen molar-refractivity contribution in [2.45, 2.75) is 19.8 Å². The first-order valence-corrected chi connectivity index (χ1v) is 6.77. The molecule has 0 aliphatic heterocycles. The van der Waals surface area contributed by atoms with E-state index in [1.165, 1.54) is 0 Å². The predicted molar refractivity (Wildman–Crippen MR) is 79.3 cm³/mol. The van der Waals surface area contributed by atoms with Crippen molar-refractivity contribution in [2.75, 3.05) is 0 Å². The fraction of sp³-hybridized carbons (Fsp3) is 0.167. The number of rotatable bonds is 2. The first kappa shape index (κ1) is 12.7. The molecule has 20 heavy (non-hydrogen) atoms. The summed E-state index contributed by atoms with van der Waals surface area (Å²) in [4.78, 5) is 12.7. The van der Waals surface area contributed by atoms with Crippen molar-refractivity contribution in [1.29, 1.82) is 0 Å². The van der Waals surface area contributed by atoms with Crippen LogP contribution in [-0.2, 0) is 12.8 Å². The van der Waals surface area contributed by atoms with Crippen LogP contribution in [0.5, 0.6) is 5.75 Å². The number of hydrogen-bond donors (Lipinski definition) is 1. The van der Waals surface area contributed by atoms with Crippen molar-refractivity contribution in [3.8, 4) is 5.75 Å². The zero-order valence-corrected chi connectivity index (χ0v) is 11.4. The first-order valence-electron chi connectivity index (χ1n) is 6.77. The first-order chi connectivity index (χ1) is 9.68. The Hall–Kier alpha value is -2.35. The summed E-state index contributed by atoms with van der Waals surface area (Å²) in [5.74, 6) is 0.320. The molecule has 2 nitrogen and oxygen atoms in total. The average molecular weight is 264 g/mol. The van der Waals surface area contributed by atoms with E-state index in [1.54, 1.807) is 12.1 Å². The third-order valence-electron chi connectivity index (χ3n) is 3.85. The monoisotopic (exact) mass is 264 g/mol. The number of allylic oxidation sites excluding steroid dienone is 2. The second-order valence-electron chi connectivity index (χ2n) is 5.11. The number of aromatic hydroxyl groups is 1. The van der Waals surface area contributed by atoms with E-state index < -0.39 is 0 Å². The second-order valence-corrected chi connectivity index (χ2v) is 5.11. The van der Waals surface area contributed by atoms with Gasteiger partial charge in [-0.05, 0) is 43.0 Å². The Bertz CT molecular complexity index is 711. The van der Waals surface area contributed by atoms with Crippen molar-refractivity contribution < 1.29 is 9.90 Å². The molecule has 1 aliphatic rings. The van der Waals surface area contributed by atoms with Gasteiger partial charge in [-0.25, -0.2) is 0 Å². The topological polar surface area (TPSA) is 37.3 Å². The Balaban J connectivity index is 2.13. The number of phenols is 1. The van der Waals surface area contributed by atoms with Crippen LogP contribution in [-0.4, -0.2) is 10.9 Å². The average Bonchev–Trinajstić information content (AvgIpc) is 2.48. The molecule has 0 heterocycles. The minimum absolute atomic E-state index is 0.0367. The summed E-state index contributed by atoms with van der Waals surface area (Å²) in [6.45, 7) is 1.94. The molecule has 3 rings (SSSR count). The van der Waals surface area contributed by atoms with Crippen LogP contribution in [0.2, 0.25) is 0 Å². The Labute approximate surface area is 118 Å². The highest BCUT2D eigenvalue weighted by Crippen LogP contribution is 2.30. The number of aryl methyl sites for hydroxylation is 1. The highest BCUT2D eigenvalue weighted by atomic mass is 16.3. The minimum Gasteiger partial charge on any atom is -0.508 e. The SMILES string of the molecule is Cc1ccccc1C(=O)c1ccc(O)c2c1CC=CC2. The molecule has 0 fully saturated rings. The number of carbonyl (C=O) groups is 1. The van der Waals surface area contributed by atoms with E-state index in [9.17, 15) is 9.90 Å². The minimum atomic E-state index is 0.0367. The van der Waals surface area contributed by atoms with Gasteiger partial charge >= 0.3 is 0 Å².